The fourth-order valence-electron chi connectivity index (χ4n) is 1.71. The van der Waals surface area contributed by atoms with E-state index in [2.05, 4.69) is 5.10 Å². The van der Waals surface area contributed by atoms with Gasteiger partial charge in [-0.25, -0.2) is 4.79 Å². The highest BCUT2D eigenvalue weighted by Crippen LogP contribution is 2.21. The second-order valence-corrected chi connectivity index (χ2v) is 4.04. The SMILES string of the molecule is CCOC(CCOc1c(C)nn(C)c1C)C(=O)O. The topological polar surface area (TPSA) is 73.6 Å². The lowest BCUT2D eigenvalue weighted by Crippen LogP contribution is -2.26. The molecule has 0 aliphatic rings. The van der Waals surface area contributed by atoms with Gasteiger partial charge in [0.15, 0.2) is 11.9 Å². The Bertz CT molecular complexity index is 414. The Balaban J connectivity index is 2.52. The number of carboxylic acids is 1. The third-order valence-electron chi connectivity index (χ3n) is 2.71. The monoisotopic (exact) mass is 256 g/mol. The quantitative estimate of drug-likeness (QED) is 0.796. The lowest BCUT2D eigenvalue weighted by Gasteiger charge is -2.13. The van der Waals surface area contributed by atoms with Crippen LogP contribution in [0.25, 0.3) is 0 Å². The molecule has 0 saturated heterocycles. The zero-order valence-electron chi connectivity index (χ0n) is 11.3. The molecule has 1 aromatic rings. The first kappa shape index (κ1) is 14.5. The molecule has 0 saturated carbocycles. The minimum atomic E-state index is -0.958. The first-order valence-corrected chi connectivity index (χ1v) is 5.94. The van der Waals surface area contributed by atoms with Gasteiger partial charge in [-0.15, -0.1) is 0 Å². The van der Waals surface area contributed by atoms with Crippen molar-refractivity contribution >= 4 is 5.97 Å². The number of aromatic nitrogens is 2. The molecule has 1 heterocycles. The fourth-order valence-corrected chi connectivity index (χ4v) is 1.71. The minimum absolute atomic E-state index is 0.296. The molecule has 6 nitrogen and oxygen atoms in total. The fraction of sp³-hybridized carbons (Fsp3) is 0.667. The average molecular weight is 256 g/mol. The molecular formula is C12H20N2O4. The summed E-state index contributed by atoms with van der Waals surface area (Å²) >= 11 is 0. The number of carbonyl (C=O) groups is 1. The zero-order chi connectivity index (χ0) is 13.7. The van der Waals surface area contributed by atoms with Gasteiger partial charge in [-0.1, -0.05) is 0 Å². The molecular weight excluding hydrogens is 236 g/mol. The van der Waals surface area contributed by atoms with Gasteiger partial charge in [0.2, 0.25) is 0 Å². The second-order valence-electron chi connectivity index (χ2n) is 4.04. The van der Waals surface area contributed by atoms with Crippen molar-refractivity contribution in [2.24, 2.45) is 7.05 Å². The Morgan fingerprint density at radius 3 is 2.61 bits per heavy atom. The van der Waals surface area contributed by atoms with Crippen LogP contribution in [-0.4, -0.2) is 40.2 Å². The van der Waals surface area contributed by atoms with Crippen molar-refractivity contribution in [2.45, 2.75) is 33.3 Å². The number of carboxylic acid groups (broad SMARTS) is 1. The van der Waals surface area contributed by atoms with Gasteiger partial charge in [0, 0.05) is 20.1 Å². The highest BCUT2D eigenvalue weighted by Gasteiger charge is 2.18. The Morgan fingerprint density at radius 1 is 1.50 bits per heavy atom. The second kappa shape index (κ2) is 6.39. The maximum Gasteiger partial charge on any atom is 0.332 e. The van der Waals surface area contributed by atoms with Crippen molar-refractivity contribution in [1.82, 2.24) is 9.78 Å². The molecule has 0 fully saturated rings. The number of aryl methyl sites for hydroxylation is 2. The van der Waals surface area contributed by atoms with E-state index >= 15 is 0 Å². The normalized spacial score (nSPS) is 12.4. The van der Waals surface area contributed by atoms with Crippen molar-refractivity contribution in [3.8, 4) is 5.75 Å². The number of hydrogen-bond donors (Lipinski definition) is 1. The van der Waals surface area contributed by atoms with Crippen LogP contribution in [0.2, 0.25) is 0 Å². The van der Waals surface area contributed by atoms with Gasteiger partial charge in [-0.3, -0.25) is 4.68 Å². The Morgan fingerprint density at radius 2 is 2.17 bits per heavy atom. The number of rotatable bonds is 7. The van der Waals surface area contributed by atoms with Crippen molar-refractivity contribution in [3.63, 3.8) is 0 Å². The summed E-state index contributed by atoms with van der Waals surface area (Å²) in [7, 11) is 1.84. The van der Waals surface area contributed by atoms with Gasteiger partial charge in [0.25, 0.3) is 0 Å². The predicted molar refractivity (Wildman–Crippen MR) is 65.8 cm³/mol. The van der Waals surface area contributed by atoms with E-state index in [1.165, 1.54) is 0 Å². The molecule has 18 heavy (non-hydrogen) atoms. The first-order chi connectivity index (χ1) is 8.47. The largest absolute Gasteiger partial charge is 0.490 e. The summed E-state index contributed by atoms with van der Waals surface area (Å²) in [5.41, 5.74) is 1.73. The van der Waals surface area contributed by atoms with E-state index in [0.717, 1.165) is 17.1 Å². The average Bonchev–Trinajstić information content (AvgIpc) is 2.54. The van der Waals surface area contributed by atoms with Gasteiger partial charge >= 0.3 is 5.97 Å². The summed E-state index contributed by atoms with van der Waals surface area (Å²) in [5, 5.41) is 13.1. The van der Waals surface area contributed by atoms with Crippen LogP contribution in [-0.2, 0) is 16.6 Å². The molecule has 102 valence electrons. The third kappa shape index (κ3) is 3.46. The van der Waals surface area contributed by atoms with Crippen LogP contribution in [0.3, 0.4) is 0 Å². The van der Waals surface area contributed by atoms with E-state index in [1.807, 2.05) is 20.9 Å². The maximum atomic E-state index is 10.9. The Hall–Kier alpha value is -1.56. The summed E-state index contributed by atoms with van der Waals surface area (Å²) in [6.45, 7) is 6.21. The van der Waals surface area contributed by atoms with Crippen LogP contribution >= 0.6 is 0 Å². The molecule has 1 aromatic heterocycles. The highest BCUT2D eigenvalue weighted by atomic mass is 16.5. The smallest absolute Gasteiger partial charge is 0.332 e. The molecule has 0 bridgehead atoms. The van der Waals surface area contributed by atoms with Crippen LogP contribution in [0.4, 0.5) is 0 Å². The number of ether oxygens (including phenoxy) is 2. The van der Waals surface area contributed by atoms with Crippen LogP contribution in [0, 0.1) is 13.8 Å². The van der Waals surface area contributed by atoms with Crippen molar-refractivity contribution in [1.29, 1.82) is 0 Å². The van der Waals surface area contributed by atoms with Crippen molar-refractivity contribution in [2.75, 3.05) is 13.2 Å². The van der Waals surface area contributed by atoms with E-state index in [9.17, 15) is 4.79 Å². The summed E-state index contributed by atoms with van der Waals surface area (Å²) in [6.07, 6.45) is -0.496. The predicted octanol–water partition coefficient (Wildman–Crippen LogP) is 1.30. The van der Waals surface area contributed by atoms with Gasteiger partial charge in [0.05, 0.1) is 12.3 Å². The molecule has 0 aromatic carbocycles. The van der Waals surface area contributed by atoms with Gasteiger partial charge in [-0.2, -0.15) is 5.10 Å². The first-order valence-electron chi connectivity index (χ1n) is 5.94. The lowest BCUT2D eigenvalue weighted by molar-refractivity contribution is -0.150. The molecule has 0 aliphatic heterocycles. The number of aliphatic carboxylic acids is 1. The Kier molecular flexibility index (Phi) is 5.15. The number of hydrogen-bond acceptors (Lipinski definition) is 4. The molecule has 1 unspecified atom stereocenters. The molecule has 1 rings (SSSR count). The highest BCUT2D eigenvalue weighted by molar-refractivity contribution is 5.72. The van der Waals surface area contributed by atoms with Crippen LogP contribution in [0.15, 0.2) is 0 Å². The van der Waals surface area contributed by atoms with E-state index in [1.54, 1.807) is 11.6 Å². The van der Waals surface area contributed by atoms with E-state index in [-0.39, 0.29) is 0 Å². The summed E-state index contributed by atoms with van der Waals surface area (Å²) in [4.78, 5) is 10.9. The third-order valence-corrected chi connectivity index (χ3v) is 2.71. The zero-order valence-corrected chi connectivity index (χ0v) is 11.3. The van der Waals surface area contributed by atoms with Crippen molar-refractivity contribution < 1.29 is 19.4 Å². The van der Waals surface area contributed by atoms with E-state index in [0.29, 0.717) is 19.6 Å². The Labute approximate surface area is 107 Å². The summed E-state index contributed by atoms with van der Waals surface area (Å²) < 4.78 is 12.4. The molecule has 1 N–H and O–H groups in total. The van der Waals surface area contributed by atoms with E-state index in [4.69, 9.17) is 14.6 Å². The van der Waals surface area contributed by atoms with Gasteiger partial charge < -0.3 is 14.6 Å². The summed E-state index contributed by atoms with van der Waals surface area (Å²) in [6, 6.07) is 0. The lowest BCUT2D eigenvalue weighted by atomic mass is 10.2. The molecule has 0 spiro atoms. The molecule has 6 heteroatoms. The minimum Gasteiger partial charge on any atom is -0.490 e. The van der Waals surface area contributed by atoms with E-state index < -0.39 is 12.1 Å². The summed E-state index contributed by atoms with van der Waals surface area (Å²) in [5.74, 6) is -0.238. The van der Waals surface area contributed by atoms with Gasteiger partial charge in [-0.05, 0) is 20.8 Å². The van der Waals surface area contributed by atoms with Crippen molar-refractivity contribution in [3.05, 3.63) is 11.4 Å². The standard InChI is InChI=1S/C12H20N2O4/c1-5-17-10(12(15)16)6-7-18-11-8(2)13-14(4)9(11)3/h10H,5-7H2,1-4H3,(H,15,16). The maximum absolute atomic E-state index is 10.9. The van der Waals surface area contributed by atoms with Crippen LogP contribution in [0.1, 0.15) is 24.7 Å². The molecule has 1 atom stereocenters. The number of nitrogens with zero attached hydrogens (tertiary/aromatic N) is 2. The molecule has 0 aliphatic carbocycles. The van der Waals surface area contributed by atoms with Crippen LogP contribution in [0.5, 0.6) is 5.75 Å². The molecule has 0 amide bonds. The van der Waals surface area contributed by atoms with Crippen LogP contribution < -0.4 is 4.74 Å². The molecule has 0 radical (unpaired) electrons. The van der Waals surface area contributed by atoms with Gasteiger partial charge in [0.1, 0.15) is 5.69 Å².